The number of rotatable bonds is 4. The third-order valence-corrected chi connectivity index (χ3v) is 5.20. The molecule has 140 valence electrons. The third-order valence-electron chi connectivity index (χ3n) is 5.20. The molecule has 6 heteroatoms. The van der Waals surface area contributed by atoms with Gasteiger partial charge in [-0.25, -0.2) is 4.79 Å². The van der Waals surface area contributed by atoms with Gasteiger partial charge in [0.25, 0.3) is 5.91 Å². The molecule has 1 saturated heterocycles. The Bertz CT molecular complexity index is 640. The lowest BCUT2D eigenvalue weighted by molar-refractivity contribution is -0.146. The number of likely N-dealkylation sites (tertiary alicyclic amines) is 1. The van der Waals surface area contributed by atoms with Gasteiger partial charge in [-0.1, -0.05) is 0 Å². The Morgan fingerprint density at radius 3 is 2.24 bits per heavy atom. The maximum absolute atomic E-state index is 12.7. The van der Waals surface area contributed by atoms with Crippen LogP contribution in [0.15, 0.2) is 0 Å². The number of piperidine rings is 1. The van der Waals surface area contributed by atoms with Crippen LogP contribution in [0.2, 0.25) is 0 Å². The molecule has 1 aromatic rings. The molecule has 25 heavy (non-hydrogen) atoms. The second kappa shape index (κ2) is 7.60. The van der Waals surface area contributed by atoms with Crippen molar-refractivity contribution in [3.63, 3.8) is 0 Å². The summed E-state index contributed by atoms with van der Waals surface area (Å²) in [6.07, 6.45) is 1.55. The highest BCUT2D eigenvalue weighted by Crippen LogP contribution is 2.26. The van der Waals surface area contributed by atoms with Crippen LogP contribution >= 0.6 is 0 Å². The van der Waals surface area contributed by atoms with Crippen LogP contribution < -0.4 is 0 Å². The predicted molar refractivity (Wildman–Crippen MR) is 95.4 cm³/mol. The predicted octanol–water partition coefficient (Wildman–Crippen LogP) is 3.02. The second-order valence-corrected chi connectivity index (χ2v) is 7.26. The Labute approximate surface area is 149 Å². The first kappa shape index (κ1) is 19.5. The van der Waals surface area contributed by atoms with Gasteiger partial charge < -0.3 is 19.7 Å². The topological polar surface area (TPSA) is 82.6 Å². The molecule has 2 N–H and O–H groups in total. The number of aryl methyl sites for hydroxylation is 1. The number of hydrogen-bond donors (Lipinski definition) is 2. The van der Waals surface area contributed by atoms with Gasteiger partial charge >= 0.3 is 5.97 Å². The molecule has 0 bridgehead atoms. The molecule has 0 aromatic carbocycles. The number of ether oxygens (including phenoxy) is 1. The molecule has 2 rings (SSSR count). The Morgan fingerprint density at radius 1 is 1.20 bits per heavy atom. The number of esters is 1. The number of hydrogen-bond acceptors (Lipinski definition) is 4. The average molecular weight is 350 g/mol. The summed E-state index contributed by atoms with van der Waals surface area (Å²) in [7, 11) is 0. The Hall–Kier alpha value is -1.82. The third kappa shape index (κ3) is 3.89. The molecule has 1 amide bonds. The lowest BCUT2D eigenvalue weighted by atomic mass is 9.97. The first-order chi connectivity index (χ1) is 11.6. The normalized spacial score (nSPS) is 23.2. The van der Waals surface area contributed by atoms with Crippen molar-refractivity contribution >= 4 is 11.9 Å². The van der Waals surface area contributed by atoms with Crippen molar-refractivity contribution < 1.29 is 19.4 Å². The summed E-state index contributed by atoms with van der Waals surface area (Å²) < 4.78 is 5.43. The standard InChI is InChI=1S/C19H30N2O4/c1-10-8-7-9-11(2)21(10)18(23)15(6)25-19(24)17-12(3)16(14(5)22)13(4)20-17/h10-11,14-15,20,22H,7-9H2,1-6H3/t10-,11+,14-,15+/m1/s1. The number of nitrogens with one attached hydrogen (secondary N) is 1. The van der Waals surface area contributed by atoms with Gasteiger partial charge in [0, 0.05) is 23.3 Å². The summed E-state index contributed by atoms with van der Waals surface area (Å²) in [4.78, 5) is 30.1. The van der Waals surface area contributed by atoms with Gasteiger partial charge in [0.05, 0.1) is 6.10 Å². The van der Waals surface area contributed by atoms with E-state index in [1.165, 1.54) is 0 Å². The zero-order chi connectivity index (χ0) is 18.9. The zero-order valence-corrected chi connectivity index (χ0v) is 16.0. The molecule has 0 saturated carbocycles. The Kier molecular flexibility index (Phi) is 5.93. The van der Waals surface area contributed by atoms with E-state index >= 15 is 0 Å². The second-order valence-electron chi connectivity index (χ2n) is 7.26. The molecule has 4 atom stereocenters. The van der Waals surface area contributed by atoms with Crippen molar-refractivity contribution in [1.29, 1.82) is 0 Å². The van der Waals surface area contributed by atoms with Crippen molar-refractivity contribution in [3.05, 3.63) is 22.5 Å². The molecule has 6 nitrogen and oxygen atoms in total. The van der Waals surface area contributed by atoms with Crippen molar-refractivity contribution in [2.24, 2.45) is 0 Å². The van der Waals surface area contributed by atoms with Gasteiger partial charge in [-0.2, -0.15) is 0 Å². The van der Waals surface area contributed by atoms with Gasteiger partial charge in [0.1, 0.15) is 5.69 Å². The molecule has 0 spiro atoms. The highest BCUT2D eigenvalue weighted by molar-refractivity contribution is 5.92. The fraction of sp³-hybridized carbons (Fsp3) is 0.684. The van der Waals surface area contributed by atoms with Crippen molar-refractivity contribution in [1.82, 2.24) is 9.88 Å². The maximum atomic E-state index is 12.7. The van der Waals surface area contributed by atoms with Crippen LogP contribution in [0.4, 0.5) is 0 Å². The number of aliphatic hydroxyl groups excluding tert-OH is 1. The minimum Gasteiger partial charge on any atom is -0.448 e. The van der Waals surface area contributed by atoms with Crippen molar-refractivity contribution in [3.8, 4) is 0 Å². The summed E-state index contributed by atoms with van der Waals surface area (Å²) in [5, 5.41) is 9.85. The smallest absolute Gasteiger partial charge is 0.355 e. The van der Waals surface area contributed by atoms with E-state index < -0.39 is 18.2 Å². The van der Waals surface area contributed by atoms with Crippen LogP contribution in [0.3, 0.4) is 0 Å². The summed E-state index contributed by atoms with van der Waals surface area (Å²) in [6, 6.07) is 0.322. The maximum Gasteiger partial charge on any atom is 0.355 e. The van der Waals surface area contributed by atoms with E-state index in [-0.39, 0.29) is 18.0 Å². The van der Waals surface area contributed by atoms with E-state index in [4.69, 9.17) is 4.74 Å². The molecule has 2 heterocycles. The number of aromatic amines is 1. The van der Waals surface area contributed by atoms with E-state index in [0.717, 1.165) is 25.0 Å². The molecule has 1 aliphatic rings. The number of amides is 1. The fourth-order valence-electron chi connectivity index (χ4n) is 3.93. The van der Waals surface area contributed by atoms with E-state index in [1.54, 1.807) is 27.7 Å². The summed E-state index contributed by atoms with van der Waals surface area (Å²) in [6.45, 7) is 10.9. The SMILES string of the molecule is Cc1[nH]c(C(=O)O[C@@H](C)C(=O)N2[C@H](C)CCC[C@@H]2C)c(C)c1[C@@H](C)O. The molecule has 0 aliphatic carbocycles. The van der Waals surface area contributed by atoms with Crippen LogP contribution in [-0.2, 0) is 9.53 Å². The lowest BCUT2D eigenvalue weighted by Gasteiger charge is -2.40. The first-order valence-corrected chi connectivity index (χ1v) is 9.05. The number of carbonyl (C=O) groups excluding carboxylic acids is 2. The molecule has 1 fully saturated rings. The van der Waals surface area contributed by atoms with Gasteiger partial charge in [-0.15, -0.1) is 0 Å². The Morgan fingerprint density at radius 2 is 1.76 bits per heavy atom. The number of nitrogens with zero attached hydrogens (tertiary/aromatic N) is 1. The van der Waals surface area contributed by atoms with Gasteiger partial charge in [-0.05, 0) is 66.4 Å². The van der Waals surface area contributed by atoms with Gasteiger partial charge in [0.2, 0.25) is 0 Å². The minimum atomic E-state index is -0.839. The molecular weight excluding hydrogens is 320 g/mol. The number of aliphatic hydroxyl groups is 1. The monoisotopic (exact) mass is 350 g/mol. The summed E-state index contributed by atoms with van der Waals surface area (Å²) in [5.74, 6) is -0.713. The molecule has 1 aliphatic heterocycles. The molecular formula is C19H30N2O4. The lowest BCUT2D eigenvalue weighted by Crippen LogP contribution is -2.51. The summed E-state index contributed by atoms with van der Waals surface area (Å²) in [5.41, 5.74) is 2.39. The molecule has 0 unspecified atom stereocenters. The quantitative estimate of drug-likeness (QED) is 0.818. The van der Waals surface area contributed by atoms with E-state index in [1.807, 2.05) is 18.7 Å². The van der Waals surface area contributed by atoms with Crippen molar-refractivity contribution in [2.75, 3.05) is 0 Å². The minimum absolute atomic E-state index is 0.148. The van der Waals surface area contributed by atoms with E-state index in [0.29, 0.717) is 16.8 Å². The molecule has 1 aromatic heterocycles. The average Bonchev–Trinajstić information content (AvgIpc) is 2.81. The summed E-state index contributed by atoms with van der Waals surface area (Å²) >= 11 is 0. The highest BCUT2D eigenvalue weighted by atomic mass is 16.5. The van der Waals surface area contributed by atoms with E-state index in [9.17, 15) is 14.7 Å². The molecule has 0 radical (unpaired) electrons. The number of carbonyl (C=O) groups is 2. The van der Waals surface area contributed by atoms with Crippen molar-refractivity contribution in [2.45, 2.75) is 85.1 Å². The van der Waals surface area contributed by atoms with Crippen LogP contribution in [0.25, 0.3) is 0 Å². The first-order valence-electron chi connectivity index (χ1n) is 9.05. The van der Waals surface area contributed by atoms with Gasteiger partial charge in [-0.3, -0.25) is 4.79 Å². The fourth-order valence-corrected chi connectivity index (χ4v) is 3.93. The number of H-pyrrole nitrogens is 1. The largest absolute Gasteiger partial charge is 0.448 e. The highest BCUT2D eigenvalue weighted by Gasteiger charge is 2.34. The zero-order valence-electron chi connectivity index (χ0n) is 16.0. The number of aromatic nitrogens is 1. The van der Waals surface area contributed by atoms with Crippen LogP contribution in [0, 0.1) is 13.8 Å². The Balaban J connectivity index is 2.12. The van der Waals surface area contributed by atoms with Crippen LogP contribution in [0.1, 0.15) is 80.4 Å². The van der Waals surface area contributed by atoms with Crippen LogP contribution in [0.5, 0.6) is 0 Å². The van der Waals surface area contributed by atoms with Gasteiger partial charge in [0.15, 0.2) is 6.10 Å². The van der Waals surface area contributed by atoms with E-state index in [2.05, 4.69) is 4.98 Å². The van der Waals surface area contributed by atoms with Crippen LogP contribution in [-0.4, -0.2) is 45.1 Å².